The molecule has 1 heterocycles. The topological polar surface area (TPSA) is 41.1 Å². The van der Waals surface area contributed by atoms with Crippen molar-refractivity contribution in [2.24, 2.45) is 0 Å². The molecule has 0 aromatic heterocycles. The van der Waals surface area contributed by atoms with Crippen LogP contribution < -0.4 is 10.6 Å². The highest BCUT2D eigenvalue weighted by molar-refractivity contribution is 5.81. The maximum Gasteiger partial charge on any atom is 0.237 e. The molecule has 0 spiro atoms. The summed E-state index contributed by atoms with van der Waals surface area (Å²) >= 11 is 0. The van der Waals surface area contributed by atoms with E-state index < -0.39 is 0 Å². The maximum absolute atomic E-state index is 13.3. The Morgan fingerprint density at radius 3 is 3.05 bits per heavy atom. The fourth-order valence-electron chi connectivity index (χ4n) is 2.51. The lowest BCUT2D eigenvalue weighted by Gasteiger charge is -2.23. The molecule has 4 heteroatoms. The predicted molar refractivity (Wildman–Crippen MR) is 73.2 cm³/mol. The molecule has 1 fully saturated rings. The van der Waals surface area contributed by atoms with Crippen molar-refractivity contribution >= 4 is 5.91 Å². The minimum atomic E-state index is -0.233. The van der Waals surface area contributed by atoms with Gasteiger partial charge in [-0.15, -0.1) is 0 Å². The molecule has 0 saturated carbocycles. The molecule has 2 N–H and O–H groups in total. The lowest BCUT2D eigenvalue weighted by Crippen LogP contribution is -2.44. The standard InChI is InChI=1S/C15H21FN2O/c1-2-13(11-6-5-7-12(16)10-11)18-14-8-3-4-9-17-15(14)19/h5-7,10,13-14,18H,2-4,8-9H2,1H3,(H,17,19). The molecule has 1 aliphatic rings. The number of hydrogen-bond acceptors (Lipinski definition) is 2. The van der Waals surface area contributed by atoms with Crippen LogP contribution in [0.1, 0.15) is 44.2 Å². The van der Waals surface area contributed by atoms with E-state index in [0.29, 0.717) is 0 Å². The first-order valence-electron chi connectivity index (χ1n) is 7.00. The monoisotopic (exact) mass is 264 g/mol. The Balaban J connectivity index is 2.07. The quantitative estimate of drug-likeness (QED) is 0.877. The molecule has 3 nitrogen and oxygen atoms in total. The number of amides is 1. The van der Waals surface area contributed by atoms with Crippen molar-refractivity contribution in [1.29, 1.82) is 0 Å². The van der Waals surface area contributed by atoms with Crippen LogP contribution in [0.25, 0.3) is 0 Å². The van der Waals surface area contributed by atoms with Crippen molar-refractivity contribution in [1.82, 2.24) is 10.6 Å². The van der Waals surface area contributed by atoms with E-state index >= 15 is 0 Å². The van der Waals surface area contributed by atoms with Gasteiger partial charge in [0.25, 0.3) is 0 Å². The largest absolute Gasteiger partial charge is 0.355 e. The highest BCUT2D eigenvalue weighted by Gasteiger charge is 2.23. The number of halogens is 1. The number of benzene rings is 1. The van der Waals surface area contributed by atoms with Crippen LogP contribution in [0.3, 0.4) is 0 Å². The van der Waals surface area contributed by atoms with E-state index in [2.05, 4.69) is 10.6 Å². The van der Waals surface area contributed by atoms with Crippen LogP contribution >= 0.6 is 0 Å². The van der Waals surface area contributed by atoms with Crippen molar-refractivity contribution in [3.05, 3.63) is 35.6 Å². The first-order valence-corrected chi connectivity index (χ1v) is 7.00. The summed E-state index contributed by atoms with van der Waals surface area (Å²) in [6.45, 7) is 2.80. The predicted octanol–water partition coefficient (Wildman–Crippen LogP) is 2.54. The van der Waals surface area contributed by atoms with Crippen LogP contribution in [0.15, 0.2) is 24.3 Å². The highest BCUT2D eigenvalue weighted by atomic mass is 19.1. The van der Waals surface area contributed by atoms with Gasteiger partial charge in [-0.1, -0.05) is 19.1 Å². The van der Waals surface area contributed by atoms with Gasteiger partial charge in [0.15, 0.2) is 0 Å². The summed E-state index contributed by atoms with van der Waals surface area (Å²) in [7, 11) is 0. The molecule has 104 valence electrons. The summed E-state index contributed by atoms with van der Waals surface area (Å²) in [5.74, 6) is -0.171. The number of carbonyl (C=O) groups is 1. The number of nitrogens with one attached hydrogen (secondary N) is 2. The normalized spacial score (nSPS) is 21.6. The second-order valence-corrected chi connectivity index (χ2v) is 5.02. The van der Waals surface area contributed by atoms with Gasteiger partial charge in [-0.05, 0) is 43.4 Å². The molecule has 1 aliphatic heterocycles. The molecule has 2 unspecified atom stereocenters. The van der Waals surface area contributed by atoms with E-state index in [0.717, 1.165) is 37.8 Å². The molecular formula is C15H21FN2O. The third-order valence-corrected chi connectivity index (χ3v) is 3.60. The average molecular weight is 264 g/mol. The van der Waals surface area contributed by atoms with Gasteiger partial charge in [-0.2, -0.15) is 0 Å². The molecule has 2 rings (SSSR count). The van der Waals surface area contributed by atoms with E-state index in [1.807, 2.05) is 13.0 Å². The molecular weight excluding hydrogens is 243 g/mol. The van der Waals surface area contributed by atoms with E-state index in [1.165, 1.54) is 12.1 Å². The molecule has 1 aromatic carbocycles. The lowest BCUT2D eigenvalue weighted by molar-refractivity contribution is -0.123. The van der Waals surface area contributed by atoms with Crippen LogP contribution in [0, 0.1) is 5.82 Å². The number of rotatable bonds is 4. The van der Waals surface area contributed by atoms with E-state index in [1.54, 1.807) is 6.07 Å². The summed E-state index contributed by atoms with van der Waals surface area (Å²) in [6, 6.07) is 6.44. The van der Waals surface area contributed by atoms with Crippen molar-refractivity contribution in [2.75, 3.05) is 6.54 Å². The summed E-state index contributed by atoms with van der Waals surface area (Å²) in [6.07, 6.45) is 3.74. The first kappa shape index (κ1) is 14.0. The third kappa shape index (κ3) is 3.77. The second kappa shape index (κ2) is 6.66. The second-order valence-electron chi connectivity index (χ2n) is 5.02. The molecule has 19 heavy (non-hydrogen) atoms. The third-order valence-electron chi connectivity index (χ3n) is 3.60. The van der Waals surface area contributed by atoms with E-state index in [4.69, 9.17) is 0 Å². The fraction of sp³-hybridized carbons (Fsp3) is 0.533. The SMILES string of the molecule is CCC(NC1CCCCNC1=O)c1cccc(F)c1. The van der Waals surface area contributed by atoms with Crippen molar-refractivity contribution in [3.63, 3.8) is 0 Å². The van der Waals surface area contributed by atoms with Crippen LogP contribution in [0.4, 0.5) is 4.39 Å². The minimum Gasteiger partial charge on any atom is -0.355 e. The zero-order valence-corrected chi connectivity index (χ0v) is 11.3. The van der Waals surface area contributed by atoms with E-state index in [9.17, 15) is 9.18 Å². The minimum absolute atomic E-state index is 0.0181. The van der Waals surface area contributed by atoms with Crippen LogP contribution in [0.5, 0.6) is 0 Å². The average Bonchev–Trinajstić information content (AvgIpc) is 2.61. The number of hydrogen-bond donors (Lipinski definition) is 2. The van der Waals surface area contributed by atoms with Crippen molar-refractivity contribution < 1.29 is 9.18 Å². The smallest absolute Gasteiger partial charge is 0.237 e. The molecule has 0 aliphatic carbocycles. The van der Waals surface area contributed by atoms with Crippen molar-refractivity contribution in [3.8, 4) is 0 Å². The lowest BCUT2D eigenvalue weighted by atomic mass is 10.0. The maximum atomic E-state index is 13.3. The van der Waals surface area contributed by atoms with Crippen LogP contribution in [0.2, 0.25) is 0 Å². The number of carbonyl (C=O) groups excluding carboxylic acids is 1. The molecule has 2 atom stereocenters. The van der Waals surface area contributed by atoms with Gasteiger partial charge in [0.1, 0.15) is 5.82 Å². The molecule has 1 saturated heterocycles. The molecule has 0 radical (unpaired) electrons. The summed E-state index contributed by atoms with van der Waals surface area (Å²) in [4.78, 5) is 11.9. The van der Waals surface area contributed by atoms with Gasteiger partial charge < -0.3 is 5.32 Å². The highest BCUT2D eigenvalue weighted by Crippen LogP contribution is 2.19. The van der Waals surface area contributed by atoms with Gasteiger partial charge in [0, 0.05) is 12.6 Å². The van der Waals surface area contributed by atoms with Gasteiger partial charge in [0.2, 0.25) is 5.91 Å². The molecule has 0 bridgehead atoms. The van der Waals surface area contributed by atoms with Crippen LogP contribution in [-0.2, 0) is 4.79 Å². The van der Waals surface area contributed by atoms with Gasteiger partial charge in [-0.3, -0.25) is 10.1 Å². The Morgan fingerprint density at radius 1 is 1.47 bits per heavy atom. The Kier molecular flexibility index (Phi) is 4.91. The first-order chi connectivity index (χ1) is 9.20. The Morgan fingerprint density at radius 2 is 2.32 bits per heavy atom. The van der Waals surface area contributed by atoms with Crippen LogP contribution in [-0.4, -0.2) is 18.5 Å². The van der Waals surface area contributed by atoms with Crippen molar-refractivity contribution in [2.45, 2.75) is 44.7 Å². The Hall–Kier alpha value is -1.42. The van der Waals surface area contributed by atoms with Gasteiger partial charge in [-0.25, -0.2) is 4.39 Å². The summed E-state index contributed by atoms with van der Waals surface area (Å²) < 4.78 is 13.3. The fourth-order valence-corrected chi connectivity index (χ4v) is 2.51. The zero-order valence-electron chi connectivity index (χ0n) is 11.3. The van der Waals surface area contributed by atoms with E-state index in [-0.39, 0.29) is 23.8 Å². The molecule has 1 amide bonds. The zero-order chi connectivity index (χ0) is 13.7. The van der Waals surface area contributed by atoms with Gasteiger partial charge >= 0.3 is 0 Å². The Labute approximate surface area is 113 Å². The summed E-state index contributed by atoms with van der Waals surface area (Å²) in [5, 5.41) is 6.27. The Bertz CT molecular complexity index is 436. The molecule has 1 aromatic rings. The summed E-state index contributed by atoms with van der Waals surface area (Å²) in [5.41, 5.74) is 0.902. The van der Waals surface area contributed by atoms with Gasteiger partial charge in [0.05, 0.1) is 6.04 Å².